The molecule has 1 aliphatic rings. The summed E-state index contributed by atoms with van der Waals surface area (Å²) < 4.78 is 13.0. The second kappa shape index (κ2) is 7.19. The van der Waals surface area contributed by atoms with Crippen LogP contribution in [-0.4, -0.2) is 42.5 Å². The fourth-order valence-electron chi connectivity index (χ4n) is 2.89. The normalized spacial score (nSPS) is 15.8. The van der Waals surface area contributed by atoms with Crippen LogP contribution in [0.3, 0.4) is 0 Å². The average molecular weight is 333 g/mol. The molecule has 23 heavy (non-hydrogen) atoms. The number of carbonyl (C=O) groups is 1. The highest BCUT2D eigenvalue weighted by atomic mass is 32.1. The topological polar surface area (TPSA) is 45.2 Å². The highest BCUT2D eigenvalue weighted by Gasteiger charge is 2.24. The van der Waals surface area contributed by atoms with Gasteiger partial charge in [0.15, 0.2) is 0 Å². The lowest BCUT2D eigenvalue weighted by atomic mass is 9.97. The molecule has 1 fully saturated rings. The van der Waals surface area contributed by atoms with Crippen LogP contribution in [0.15, 0.2) is 29.6 Å². The van der Waals surface area contributed by atoms with E-state index in [0.29, 0.717) is 11.6 Å². The van der Waals surface area contributed by atoms with E-state index in [1.807, 2.05) is 11.9 Å². The van der Waals surface area contributed by atoms with E-state index in [1.165, 1.54) is 23.5 Å². The zero-order chi connectivity index (χ0) is 16.2. The molecule has 0 atom stereocenters. The Balaban J connectivity index is 1.66. The van der Waals surface area contributed by atoms with E-state index in [1.54, 1.807) is 17.5 Å². The van der Waals surface area contributed by atoms with Crippen LogP contribution in [0.25, 0.3) is 10.6 Å². The summed E-state index contributed by atoms with van der Waals surface area (Å²) in [5.41, 5.74) is 1.32. The first-order valence-electron chi connectivity index (χ1n) is 7.82. The van der Waals surface area contributed by atoms with Crippen molar-refractivity contribution >= 4 is 17.2 Å². The van der Waals surface area contributed by atoms with E-state index in [2.05, 4.69) is 10.3 Å². The van der Waals surface area contributed by atoms with Gasteiger partial charge in [0.25, 0.3) is 5.91 Å². The van der Waals surface area contributed by atoms with E-state index in [0.717, 1.165) is 43.0 Å². The number of nitrogens with zero attached hydrogens (tertiary/aromatic N) is 2. The quantitative estimate of drug-likeness (QED) is 0.935. The molecular formula is C17H20FN3OS. The fraction of sp³-hybridized carbons (Fsp3) is 0.412. The molecule has 1 amide bonds. The molecule has 2 aromatic rings. The monoisotopic (exact) mass is 333 g/mol. The van der Waals surface area contributed by atoms with Crippen LogP contribution in [0.4, 0.5) is 4.39 Å². The molecule has 0 unspecified atom stereocenters. The summed E-state index contributed by atoms with van der Waals surface area (Å²) in [5.74, 6) is 0.373. The third kappa shape index (κ3) is 3.76. The molecule has 0 aliphatic carbocycles. The van der Waals surface area contributed by atoms with Gasteiger partial charge in [-0.1, -0.05) is 0 Å². The maximum Gasteiger partial charge on any atom is 0.273 e. The van der Waals surface area contributed by atoms with Gasteiger partial charge >= 0.3 is 0 Å². The minimum absolute atomic E-state index is 0.00230. The van der Waals surface area contributed by atoms with Gasteiger partial charge in [0.1, 0.15) is 16.5 Å². The van der Waals surface area contributed by atoms with Crippen LogP contribution in [0.2, 0.25) is 0 Å². The maximum absolute atomic E-state index is 13.0. The number of hydrogen-bond donors (Lipinski definition) is 1. The first kappa shape index (κ1) is 16.1. The van der Waals surface area contributed by atoms with E-state index in [4.69, 9.17) is 0 Å². The lowest BCUT2D eigenvalue weighted by Gasteiger charge is -2.31. The van der Waals surface area contributed by atoms with E-state index < -0.39 is 0 Å². The zero-order valence-corrected chi connectivity index (χ0v) is 13.9. The summed E-state index contributed by atoms with van der Waals surface area (Å²) in [6.45, 7) is 2.58. The molecule has 0 radical (unpaired) electrons. The van der Waals surface area contributed by atoms with Crippen molar-refractivity contribution in [3.05, 3.63) is 41.2 Å². The number of hydrogen-bond acceptors (Lipinski definition) is 4. The zero-order valence-electron chi connectivity index (χ0n) is 13.1. The van der Waals surface area contributed by atoms with Crippen LogP contribution in [-0.2, 0) is 0 Å². The number of piperidine rings is 1. The van der Waals surface area contributed by atoms with Gasteiger partial charge in [-0.25, -0.2) is 9.37 Å². The third-order valence-corrected chi connectivity index (χ3v) is 5.10. The van der Waals surface area contributed by atoms with Crippen LogP contribution in [0.1, 0.15) is 23.3 Å². The van der Waals surface area contributed by atoms with Gasteiger partial charge in [-0.05, 0) is 56.6 Å². The summed E-state index contributed by atoms with van der Waals surface area (Å²) in [4.78, 5) is 18.9. The van der Waals surface area contributed by atoms with Crippen molar-refractivity contribution in [2.24, 2.45) is 5.92 Å². The number of nitrogens with one attached hydrogen (secondary N) is 1. The molecule has 0 spiro atoms. The lowest BCUT2D eigenvalue weighted by Crippen LogP contribution is -2.40. The smallest absolute Gasteiger partial charge is 0.273 e. The van der Waals surface area contributed by atoms with Gasteiger partial charge in [-0.3, -0.25) is 4.79 Å². The number of benzene rings is 1. The SMILES string of the molecule is CNCC1CCN(C(=O)c2csc(-c3ccc(F)cc3)n2)CC1. The standard InChI is InChI=1S/C17H20FN3OS/c1-19-10-12-6-8-21(9-7-12)17(22)15-11-23-16(20-15)13-2-4-14(18)5-3-13/h2-5,11-12,19H,6-10H2,1H3. The molecule has 122 valence electrons. The first-order valence-corrected chi connectivity index (χ1v) is 8.70. The van der Waals surface area contributed by atoms with Gasteiger partial charge in [0, 0.05) is 24.0 Å². The second-order valence-electron chi connectivity index (χ2n) is 5.84. The Bertz CT molecular complexity index is 663. The van der Waals surface area contributed by atoms with E-state index in [9.17, 15) is 9.18 Å². The molecule has 0 saturated carbocycles. The van der Waals surface area contributed by atoms with E-state index >= 15 is 0 Å². The van der Waals surface area contributed by atoms with Crippen molar-refractivity contribution in [1.82, 2.24) is 15.2 Å². The van der Waals surface area contributed by atoms with Crippen molar-refractivity contribution in [1.29, 1.82) is 0 Å². The minimum atomic E-state index is -0.272. The number of halogens is 1. The summed E-state index contributed by atoms with van der Waals surface area (Å²) in [6, 6.07) is 6.19. The number of thiazole rings is 1. The summed E-state index contributed by atoms with van der Waals surface area (Å²) >= 11 is 1.42. The highest BCUT2D eigenvalue weighted by Crippen LogP contribution is 2.25. The Morgan fingerprint density at radius 1 is 1.35 bits per heavy atom. The van der Waals surface area contributed by atoms with Crippen molar-refractivity contribution in [2.45, 2.75) is 12.8 Å². The lowest BCUT2D eigenvalue weighted by molar-refractivity contribution is 0.0686. The number of aromatic nitrogens is 1. The molecule has 6 heteroatoms. The summed E-state index contributed by atoms with van der Waals surface area (Å²) in [5, 5.41) is 5.74. The average Bonchev–Trinajstić information content (AvgIpc) is 3.06. The largest absolute Gasteiger partial charge is 0.337 e. The van der Waals surface area contributed by atoms with Gasteiger partial charge in [-0.15, -0.1) is 11.3 Å². The van der Waals surface area contributed by atoms with Crippen molar-refractivity contribution in [3.63, 3.8) is 0 Å². The van der Waals surface area contributed by atoms with Gasteiger partial charge in [-0.2, -0.15) is 0 Å². The van der Waals surface area contributed by atoms with Gasteiger partial charge in [0.2, 0.25) is 0 Å². The molecular weight excluding hydrogens is 313 g/mol. The Kier molecular flexibility index (Phi) is 5.03. The van der Waals surface area contributed by atoms with Crippen molar-refractivity contribution in [3.8, 4) is 10.6 Å². The van der Waals surface area contributed by atoms with E-state index in [-0.39, 0.29) is 11.7 Å². The Morgan fingerprint density at radius 2 is 2.04 bits per heavy atom. The van der Waals surface area contributed by atoms with Crippen molar-refractivity contribution in [2.75, 3.05) is 26.7 Å². The third-order valence-electron chi connectivity index (χ3n) is 4.21. The van der Waals surface area contributed by atoms with Crippen LogP contribution in [0, 0.1) is 11.7 Å². The molecule has 1 saturated heterocycles. The summed E-state index contributed by atoms with van der Waals surface area (Å²) in [7, 11) is 1.96. The molecule has 1 aliphatic heterocycles. The molecule has 3 rings (SSSR count). The maximum atomic E-state index is 13.0. The highest BCUT2D eigenvalue weighted by molar-refractivity contribution is 7.13. The molecule has 1 N–H and O–H groups in total. The molecule has 1 aromatic heterocycles. The number of rotatable bonds is 4. The first-order chi connectivity index (χ1) is 11.2. The van der Waals surface area contributed by atoms with Crippen molar-refractivity contribution < 1.29 is 9.18 Å². The molecule has 4 nitrogen and oxygen atoms in total. The predicted octanol–water partition coefficient (Wildman–Crippen LogP) is 3.02. The predicted molar refractivity (Wildman–Crippen MR) is 90.1 cm³/mol. The molecule has 1 aromatic carbocycles. The van der Waals surface area contributed by atoms with Crippen LogP contribution >= 0.6 is 11.3 Å². The summed E-state index contributed by atoms with van der Waals surface area (Å²) in [6.07, 6.45) is 2.06. The van der Waals surface area contributed by atoms with Crippen LogP contribution < -0.4 is 5.32 Å². The molecule has 0 bridgehead atoms. The fourth-order valence-corrected chi connectivity index (χ4v) is 3.69. The second-order valence-corrected chi connectivity index (χ2v) is 6.70. The molecule has 2 heterocycles. The minimum Gasteiger partial charge on any atom is -0.337 e. The number of amides is 1. The Hall–Kier alpha value is -1.79. The number of likely N-dealkylation sites (tertiary alicyclic amines) is 1. The number of carbonyl (C=O) groups excluding carboxylic acids is 1. The Morgan fingerprint density at radius 3 is 2.70 bits per heavy atom. The van der Waals surface area contributed by atoms with Gasteiger partial charge < -0.3 is 10.2 Å². The van der Waals surface area contributed by atoms with Crippen LogP contribution in [0.5, 0.6) is 0 Å². The Labute approximate surface area is 139 Å². The van der Waals surface area contributed by atoms with Gasteiger partial charge in [0.05, 0.1) is 0 Å².